The molecular formula is C15H12BrFO3. The molecule has 20 heavy (non-hydrogen) atoms. The van der Waals surface area contributed by atoms with E-state index in [2.05, 4.69) is 15.9 Å². The lowest BCUT2D eigenvalue weighted by Crippen LogP contribution is -2.01. The number of carboxylic acid groups (broad SMARTS) is 1. The molecule has 0 amide bonds. The van der Waals surface area contributed by atoms with Gasteiger partial charge in [0.2, 0.25) is 0 Å². The molecule has 0 aliphatic rings. The van der Waals surface area contributed by atoms with Crippen LogP contribution in [-0.4, -0.2) is 11.1 Å². The first-order valence-corrected chi connectivity index (χ1v) is 6.67. The van der Waals surface area contributed by atoms with Crippen LogP contribution in [-0.2, 0) is 6.61 Å². The van der Waals surface area contributed by atoms with Crippen molar-refractivity contribution < 1.29 is 19.0 Å². The highest BCUT2D eigenvalue weighted by Crippen LogP contribution is 2.23. The Balaban J connectivity index is 2.18. The summed E-state index contributed by atoms with van der Waals surface area (Å²) in [6, 6.07) is 9.03. The Labute approximate surface area is 124 Å². The summed E-state index contributed by atoms with van der Waals surface area (Å²) >= 11 is 3.26. The van der Waals surface area contributed by atoms with Crippen molar-refractivity contribution in [2.45, 2.75) is 13.5 Å². The van der Waals surface area contributed by atoms with Crippen LogP contribution >= 0.6 is 15.9 Å². The maximum Gasteiger partial charge on any atom is 0.335 e. The second-order valence-electron chi connectivity index (χ2n) is 4.31. The standard InChI is InChI=1S/C15H12BrFO3/c1-9-2-3-10(15(18)19)6-14(9)20-8-11-4-5-12(17)7-13(11)16/h2-7H,8H2,1H3,(H,18,19). The average molecular weight is 339 g/mol. The Bertz CT molecular complexity index is 656. The topological polar surface area (TPSA) is 46.5 Å². The molecule has 5 heteroatoms. The largest absolute Gasteiger partial charge is 0.489 e. The number of carbonyl (C=O) groups is 1. The van der Waals surface area contributed by atoms with Gasteiger partial charge in [-0.05, 0) is 36.8 Å². The van der Waals surface area contributed by atoms with Crippen molar-refractivity contribution in [1.82, 2.24) is 0 Å². The van der Waals surface area contributed by atoms with Crippen LogP contribution in [0, 0.1) is 12.7 Å². The fraction of sp³-hybridized carbons (Fsp3) is 0.133. The third kappa shape index (κ3) is 3.36. The van der Waals surface area contributed by atoms with Crippen LogP contribution in [0.2, 0.25) is 0 Å². The van der Waals surface area contributed by atoms with Gasteiger partial charge >= 0.3 is 5.97 Å². The molecule has 0 saturated carbocycles. The fourth-order valence-electron chi connectivity index (χ4n) is 1.68. The van der Waals surface area contributed by atoms with E-state index in [-0.39, 0.29) is 18.0 Å². The Morgan fingerprint density at radius 2 is 2.05 bits per heavy atom. The molecule has 3 nitrogen and oxygen atoms in total. The van der Waals surface area contributed by atoms with E-state index in [1.807, 2.05) is 6.92 Å². The monoisotopic (exact) mass is 338 g/mol. The van der Waals surface area contributed by atoms with E-state index in [9.17, 15) is 9.18 Å². The first-order valence-electron chi connectivity index (χ1n) is 5.88. The number of benzene rings is 2. The summed E-state index contributed by atoms with van der Waals surface area (Å²) in [5, 5.41) is 8.96. The van der Waals surface area contributed by atoms with Gasteiger partial charge in [-0.1, -0.05) is 28.1 Å². The summed E-state index contributed by atoms with van der Waals surface area (Å²) in [6.07, 6.45) is 0. The lowest BCUT2D eigenvalue weighted by molar-refractivity contribution is 0.0696. The normalized spacial score (nSPS) is 10.3. The number of aryl methyl sites for hydroxylation is 1. The predicted octanol–water partition coefficient (Wildman–Crippen LogP) is 4.17. The van der Waals surface area contributed by atoms with Crippen LogP contribution in [0.3, 0.4) is 0 Å². The molecule has 104 valence electrons. The number of hydrogen-bond donors (Lipinski definition) is 1. The van der Waals surface area contributed by atoms with Crippen LogP contribution in [0.1, 0.15) is 21.5 Å². The van der Waals surface area contributed by atoms with Gasteiger partial charge in [-0.15, -0.1) is 0 Å². The molecule has 0 spiro atoms. The number of aromatic carboxylic acids is 1. The van der Waals surface area contributed by atoms with Gasteiger partial charge in [-0.2, -0.15) is 0 Å². The minimum absolute atomic E-state index is 0.170. The van der Waals surface area contributed by atoms with E-state index in [0.717, 1.165) is 11.1 Å². The maximum atomic E-state index is 13.0. The van der Waals surface area contributed by atoms with Crippen molar-refractivity contribution in [3.8, 4) is 5.75 Å². The van der Waals surface area contributed by atoms with Gasteiger partial charge in [0, 0.05) is 10.0 Å². The summed E-state index contributed by atoms with van der Waals surface area (Å²) in [4.78, 5) is 10.9. The molecule has 2 aromatic rings. The van der Waals surface area contributed by atoms with Crippen LogP contribution in [0.4, 0.5) is 4.39 Å². The SMILES string of the molecule is Cc1ccc(C(=O)O)cc1OCc1ccc(F)cc1Br. The van der Waals surface area contributed by atoms with Crippen LogP contribution in [0.15, 0.2) is 40.9 Å². The fourth-order valence-corrected chi connectivity index (χ4v) is 2.15. The minimum atomic E-state index is -1.00. The maximum absolute atomic E-state index is 13.0. The molecule has 0 unspecified atom stereocenters. The number of ether oxygens (including phenoxy) is 1. The summed E-state index contributed by atoms with van der Waals surface area (Å²) in [6.45, 7) is 2.06. The summed E-state index contributed by atoms with van der Waals surface area (Å²) < 4.78 is 19.2. The zero-order chi connectivity index (χ0) is 14.7. The Morgan fingerprint density at radius 1 is 1.30 bits per heavy atom. The van der Waals surface area contributed by atoms with Crippen molar-refractivity contribution in [2.24, 2.45) is 0 Å². The molecule has 0 aliphatic carbocycles. The predicted molar refractivity (Wildman–Crippen MR) is 76.6 cm³/mol. The Morgan fingerprint density at radius 3 is 2.70 bits per heavy atom. The van der Waals surface area contributed by atoms with E-state index in [1.165, 1.54) is 24.3 Å². The minimum Gasteiger partial charge on any atom is -0.489 e. The number of hydrogen-bond acceptors (Lipinski definition) is 2. The number of carboxylic acids is 1. The lowest BCUT2D eigenvalue weighted by atomic mass is 10.1. The van der Waals surface area contributed by atoms with Gasteiger partial charge in [-0.3, -0.25) is 0 Å². The molecule has 2 aromatic carbocycles. The molecule has 0 aliphatic heterocycles. The highest BCUT2D eigenvalue weighted by atomic mass is 79.9. The molecule has 1 N–H and O–H groups in total. The second-order valence-corrected chi connectivity index (χ2v) is 5.16. The molecule has 0 radical (unpaired) electrons. The van der Waals surface area contributed by atoms with Gasteiger partial charge in [-0.25, -0.2) is 9.18 Å². The van der Waals surface area contributed by atoms with Gasteiger partial charge in [0.25, 0.3) is 0 Å². The first kappa shape index (κ1) is 14.5. The molecule has 2 rings (SSSR count). The molecule has 0 bridgehead atoms. The van der Waals surface area contributed by atoms with Crippen molar-refractivity contribution in [3.63, 3.8) is 0 Å². The van der Waals surface area contributed by atoms with E-state index in [0.29, 0.717) is 10.2 Å². The van der Waals surface area contributed by atoms with Gasteiger partial charge in [0.15, 0.2) is 0 Å². The van der Waals surface area contributed by atoms with Crippen LogP contribution < -0.4 is 4.74 Å². The van der Waals surface area contributed by atoms with Gasteiger partial charge < -0.3 is 9.84 Å². The zero-order valence-corrected chi connectivity index (χ0v) is 12.3. The molecular weight excluding hydrogens is 327 g/mol. The van der Waals surface area contributed by atoms with Crippen LogP contribution in [0.5, 0.6) is 5.75 Å². The Hall–Kier alpha value is -1.88. The third-order valence-corrected chi connectivity index (χ3v) is 3.57. The smallest absolute Gasteiger partial charge is 0.335 e. The van der Waals surface area contributed by atoms with Crippen molar-refractivity contribution in [1.29, 1.82) is 0 Å². The lowest BCUT2D eigenvalue weighted by Gasteiger charge is -2.11. The van der Waals surface area contributed by atoms with Gasteiger partial charge in [0.1, 0.15) is 18.2 Å². The van der Waals surface area contributed by atoms with Gasteiger partial charge in [0.05, 0.1) is 5.56 Å². The van der Waals surface area contributed by atoms with E-state index < -0.39 is 5.97 Å². The highest BCUT2D eigenvalue weighted by Gasteiger charge is 2.08. The summed E-state index contributed by atoms with van der Waals surface area (Å²) in [5.41, 5.74) is 1.79. The number of rotatable bonds is 4. The van der Waals surface area contributed by atoms with Crippen molar-refractivity contribution >= 4 is 21.9 Å². The van der Waals surface area contributed by atoms with Crippen molar-refractivity contribution in [2.75, 3.05) is 0 Å². The van der Waals surface area contributed by atoms with Crippen LogP contribution in [0.25, 0.3) is 0 Å². The Kier molecular flexibility index (Phi) is 4.39. The molecule has 0 heterocycles. The zero-order valence-electron chi connectivity index (χ0n) is 10.7. The summed E-state index contributed by atoms with van der Waals surface area (Å²) in [5.74, 6) is -0.830. The van der Waals surface area contributed by atoms with E-state index in [4.69, 9.17) is 9.84 Å². The molecule has 0 saturated heterocycles. The first-order chi connectivity index (χ1) is 9.47. The average Bonchev–Trinajstić information content (AvgIpc) is 2.39. The third-order valence-electron chi connectivity index (χ3n) is 2.83. The highest BCUT2D eigenvalue weighted by molar-refractivity contribution is 9.10. The summed E-state index contributed by atoms with van der Waals surface area (Å²) in [7, 11) is 0. The van der Waals surface area contributed by atoms with E-state index >= 15 is 0 Å². The van der Waals surface area contributed by atoms with Crippen molar-refractivity contribution in [3.05, 3.63) is 63.4 Å². The molecule has 0 fully saturated rings. The second kappa shape index (κ2) is 6.05. The quantitative estimate of drug-likeness (QED) is 0.909. The van der Waals surface area contributed by atoms with E-state index in [1.54, 1.807) is 12.1 Å². The number of halogens is 2. The molecule has 0 aromatic heterocycles. The molecule has 0 atom stereocenters.